The van der Waals surface area contributed by atoms with E-state index in [1.165, 1.54) is 32.6 Å². The molecule has 0 radical (unpaired) electrons. The minimum Gasteiger partial charge on any atom is -0.454 e. The largest absolute Gasteiger partial charge is 0.454 e. The molecular weight excluding hydrogens is 671 g/mol. The van der Waals surface area contributed by atoms with Gasteiger partial charge in [0.2, 0.25) is 0 Å². The van der Waals surface area contributed by atoms with E-state index in [9.17, 15) is 0 Å². The van der Waals surface area contributed by atoms with E-state index < -0.39 is 0 Å². The summed E-state index contributed by atoms with van der Waals surface area (Å²) in [6, 6.07) is 71.0. The third-order valence-corrected chi connectivity index (χ3v) is 10.7. The van der Waals surface area contributed by atoms with Crippen LogP contribution in [0.4, 0.5) is 17.2 Å². The predicted molar refractivity (Wildman–Crippen MR) is 229 cm³/mol. The first-order chi connectivity index (χ1) is 27.3. The molecule has 0 fully saturated rings. The van der Waals surface area contributed by atoms with Crippen molar-refractivity contribution >= 4 is 71.8 Å². The van der Waals surface area contributed by atoms with E-state index in [0.717, 1.165) is 67.2 Å². The summed E-state index contributed by atoms with van der Waals surface area (Å²) >= 11 is 0. The molecule has 8 aromatic carbocycles. The average Bonchev–Trinajstić information content (AvgIpc) is 3.80. The van der Waals surface area contributed by atoms with E-state index in [1.807, 2.05) is 24.3 Å². The fourth-order valence-electron chi connectivity index (χ4n) is 8.22. The van der Waals surface area contributed by atoms with Crippen LogP contribution in [0.25, 0.3) is 82.6 Å². The zero-order valence-electron chi connectivity index (χ0n) is 29.8. The van der Waals surface area contributed by atoms with Crippen molar-refractivity contribution in [3.05, 3.63) is 200 Å². The summed E-state index contributed by atoms with van der Waals surface area (Å²) in [5.41, 5.74) is 12.6. The number of fused-ring (bicyclic) bond motifs is 8. The number of para-hydroxylation sites is 2. The molecule has 0 N–H and O–H groups in total. The Balaban J connectivity index is 1.08. The van der Waals surface area contributed by atoms with E-state index in [-0.39, 0.29) is 0 Å². The first kappa shape index (κ1) is 31.1. The van der Waals surface area contributed by atoms with Crippen LogP contribution in [-0.2, 0) is 0 Å². The second kappa shape index (κ2) is 12.6. The minimum absolute atomic E-state index is 0.770. The van der Waals surface area contributed by atoms with Crippen molar-refractivity contribution in [3.8, 4) is 27.9 Å². The fraction of sp³-hybridized carbons (Fsp3) is 0. The number of pyridine rings is 1. The SMILES string of the molecule is c1ccc(-c2cccc(N(c3cccc(-c4cccc(-n5c6ccccc6c6ccc7ccccc7c65)c4)c3)c3ccc4oc5ccccc5c4n3)c2)cc1. The van der Waals surface area contributed by atoms with Crippen LogP contribution in [0.15, 0.2) is 205 Å². The number of furan rings is 1. The maximum Gasteiger partial charge on any atom is 0.154 e. The van der Waals surface area contributed by atoms with Crippen molar-refractivity contribution in [3.63, 3.8) is 0 Å². The smallest absolute Gasteiger partial charge is 0.154 e. The second-order valence-electron chi connectivity index (χ2n) is 14.0. The Morgan fingerprint density at radius 3 is 1.87 bits per heavy atom. The maximum absolute atomic E-state index is 6.19. The Morgan fingerprint density at radius 1 is 0.418 bits per heavy atom. The van der Waals surface area contributed by atoms with Crippen LogP contribution in [0.5, 0.6) is 0 Å². The molecule has 3 heterocycles. The highest BCUT2D eigenvalue weighted by atomic mass is 16.3. The lowest BCUT2D eigenvalue weighted by molar-refractivity contribution is 0.668. The first-order valence-electron chi connectivity index (χ1n) is 18.6. The molecule has 0 aliphatic carbocycles. The Labute approximate surface area is 317 Å². The maximum atomic E-state index is 6.19. The van der Waals surface area contributed by atoms with E-state index in [1.54, 1.807) is 0 Å². The molecule has 55 heavy (non-hydrogen) atoms. The molecule has 4 nitrogen and oxygen atoms in total. The summed E-state index contributed by atoms with van der Waals surface area (Å²) in [6.07, 6.45) is 0. The summed E-state index contributed by atoms with van der Waals surface area (Å²) in [4.78, 5) is 7.53. The van der Waals surface area contributed by atoms with Gasteiger partial charge in [-0.2, -0.15) is 0 Å². The molecule has 3 aromatic heterocycles. The van der Waals surface area contributed by atoms with E-state index in [4.69, 9.17) is 9.40 Å². The molecule has 258 valence electrons. The summed E-state index contributed by atoms with van der Waals surface area (Å²) in [5, 5.41) is 5.98. The number of anilines is 3. The molecule has 0 aliphatic heterocycles. The van der Waals surface area contributed by atoms with Crippen molar-refractivity contribution in [1.29, 1.82) is 0 Å². The number of aromatic nitrogens is 2. The molecule has 4 heteroatoms. The average molecular weight is 704 g/mol. The van der Waals surface area contributed by atoms with Crippen molar-refractivity contribution in [2.75, 3.05) is 4.90 Å². The number of hydrogen-bond acceptors (Lipinski definition) is 3. The highest BCUT2D eigenvalue weighted by Gasteiger charge is 2.19. The van der Waals surface area contributed by atoms with Crippen LogP contribution in [0.3, 0.4) is 0 Å². The van der Waals surface area contributed by atoms with Gasteiger partial charge in [0, 0.05) is 38.6 Å². The third kappa shape index (κ3) is 5.19. The second-order valence-corrected chi connectivity index (χ2v) is 14.0. The molecular formula is C51H33N3O. The summed E-state index contributed by atoms with van der Waals surface area (Å²) in [6.45, 7) is 0. The molecule has 11 rings (SSSR count). The van der Waals surface area contributed by atoms with Crippen molar-refractivity contribution in [1.82, 2.24) is 9.55 Å². The quantitative estimate of drug-likeness (QED) is 0.173. The van der Waals surface area contributed by atoms with Crippen LogP contribution in [0.2, 0.25) is 0 Å². The van der Waals surface area contributed by atoms with Gasteiger partial charge in [0.1, 0.15) is 16.9 Å². The van der Waals surface area contributed by atoms with Gasteiger partial charge < -0.3 is 8.98 Å². The molecule has 0 aliphatic rings. The van der Waals surface area contributed by atoms with Gasteiger partial charge in [0.15, 0.2) is 5.58 Å². The normalized spacial score (nSPS) is 11.6. The zero-order valence-corrected chi connectivity index (χ0v) is 29.8. The molecule has 0 amide bonds. The van der Waals surface area contributed by atoms with Crippen LogP contribution in [0.1, 0.15) is 0 Å². The van der Waals surface area contributed by atoms with Crippen LogP contribution < -0.4 is 4.90 Å². The molecule has 0 saturated carbocycles. The van der Waals surface area contributed by atoms with Crippen LogP contribution >= 0.6 is 0 Å². The van der Waals surface area contributed by atoms with Gasteiger partial charge in [0.05, 0.1) is 11.0 Å². The monoisotopic (exact) mass is 703 g/mol. The molecule has 0 unspecified atom stereocenters. The van der Waals surface area contributed by atoms with Crippen LogP contribution in [-0.4, -0.2) is 9.55 Å². The first-order valence-corrected chi connectivity index (χ1v) is 18.6. The van der Waals surface area contributed by atoms with E-state index in [2.05, 4.69) is 185 Å². The van der Waals surface area contributed by atoms with Gasteiger partial charge in [-0.25, -0.2) is 4.98 Å². The topological polar surface area (TPSA) is 34.2 Å². The minimum atomic E-state index is 0.770. The van der Waals surface area contributed by atoms with Gasteiger partial charge in [-0.1, -0.05) is 133 Å². The number of benzene rings is 8. The lowest BCUT2D eigenvalue weighted by Crippen LogP contribution is -2.11. The number of rotatable bonds is 6. The van der Waals surface area contributed by atoms with E-state index >= 15 is 0 Å². The van der Waals surface area contributed by atoms with Crippen molar-refractivity contribution in [2.45, 2.75) is 0 Å². The molecule has 0 spiro atoms. The lowest BCUT2D eigenvalue weighted by atomic mass is 10.0. The van der Waals surface area contributed by atoms with Gasteiger partial charge in [-0.15, -0.1) is 0 Å². The van der Waals surface area contributed by atoms with Gasteiger partial charge in [0.25, 0.3) is 0 Å². The Morgan fingerprint density at radius 2 is 1.05 bits per heavy atom. The Kier molecular flexibility index (Phi) is 7.14. The van der Waals surface area contributed by atoms with Crippen molar-refractivity contribution in [2.24, 2.45) is 0 Å². The lowest BCUT2D eigenvalue weighted by Gasteiger charge is -2.25. The zero-order chi connectivity index (χ0) is 36.3. The molecule has 0 saturated heterocycles. The number of hydrogen-bond donors (Lipinski definition) is 0. The van der Waals surface area contributed by atoms with Gasteiger partial charge >= 0.3 is 0 Å². The van der Waals surface area contributed by atoms with Crippen molar-refractivity contribution < 1.29 is 4.42 Å². The molecule has 11 aromatic rings. The number of nitrogens with zero attached hydrogens (tertiary/aromatic N) is 3. The summed E-state index contributed by atoms with van der Waals surface area (Å²) < 4.78 is 8.62. The molecule has 0 bridgehead atoms. The fourth-order valence-corrected chi connectivity index (χ4v) is 8.22. The highest BCUT2D eigenvalue weighted by Crippen LogP contribution is 2.41. The highest BCUT2D eigenvalue weighted by molar-refractivity contribution is 6.18. The predicted octanol–water partition coefficient (Wildman–Crippen LogP) is 14.0. The standard InChI is InChI=1S/C51H33N3O/c1-2-13-34(14-3-1)36-16-10-19-39(31-36)53(49-30-29-48-50(52-49)45-24-7-9-26-47(45)55-48)40-20-11-17-37(32-40)38-18-12-21-41(33-38)54-46-25-8-6-23-43(46)44-28-27-35-15-4-5-22-42(35)51(44)54/h1-33H. The van der Waals surface area contributed by atoms with E-state index in [0.29, 0.717) is 0 Å². The Hall–Kier alpha value is -7.43. The van der Waals surface area contributed by atoms with Gasteiger partial charge in [-0.3, -0.25) is 4.90 Å². The summed E-state index contributed by atoms with van der Waals surface area (Å²) in [5.74, 6) is 0.812. The molecule has 0 atom stereocenters. The third-order valence-electron chi connectivity index (χ3n) is 10.7. The van der Waals surface area contributed by atoms with Crippen LogP contribution in [0, 0.1) is 0 Å². The van der Waals surface area contributed by atoms with Gasteiger partial charge in [-0.05, 0) is 94.4 Å². The Bertz CT molecular complexity index is 3230. The summed E-state index contributed by atoms with van der Waals surface area (Å²) in [7, 11) is 0.